The van der Waals surface area contributed by atoms with Gasteiger partial charge in [0, 0.05) is 31.2 Å². The third-order valence-electron chi connectivity index (χ3n) is 8.43. The van der Waals surface area contributed by atoms with Gasteiger partial charge in [-0.25, -0.2) is 9.78 Å². The van der Waals surface area contributed by atoms with Crippen molar-refractivity contribution < 1.29 is 14.3 Å². The quantitative estimate of drug-likeness (QED) is 0.318. The number of piperazine rings is 1. The fourth-order valence-corrected chi connectivity index (χ4v) is 6.35. The average Bonchev–Trinajstić information content (AvgIpc) is 3.28. The maximum absolute atomic E-state index is 14.5. The van der Waals surface area contributed by atoms with Crippen LogP contribution in [0.15, 0.2) is 67.0 Å². The van der Waals surface area contributed by atoms with Crippen LogP contribution in [-0.2, 0) is 11.2 Å². The average molecular weight is 557 g/mol. The molecule has 2 amide bonds. The summed E-state index contributed by atoms with van der Waals surface area (Å²) in [5, 5.41) is 0. The Labute approximate surface area is 244 Å². The van der Waals surface area contributed by atoms with Gasteiger partial charge in [0.05, 0.1) is 18.1 Å². The lowest BCUT2D eigenvalue weighted by atomic mass is 9.95. The molecule has 1 saturated heterocycles. The largest absolute Gasteiger partial charge is 0.444 e. The predicted octanol–water partition coefficient (Wildman–Crippen LogP) is 7.00. The fourth-order valence-electron chi connectivity index (χ4n) is 6.35. The third-order valence-corrected chi connectivity index (χ3v) is 8.43. The molecule has 2 aromatic carbocycles. The fraction of sp³-hybridized carbons (Fsp3) is 0.500. The highest BCUT2D eigenvalue weighted by Crippen LogP contribution is 2.37. The zero-order valence-corrected chi connectivity index (χ0v) is 25.0. The number of carbonyl (C=O) groups is 2. The molecule has 0 spiro atoms. The van der Waals surface area contributed by atoms with E-state index in [4.69, 9.17) is 9.72 Å². The second-order valence-corrected chi connectivity index (χ2v) is 12.7. The summed E-state index contributed by atoms with van der Waals surface area (Å²) in [4.78, 5) is 36.0. The topological polar surface area (TPSA) is 67.7 Å². The van der Waals surface area contributed by atoms with Gasteiger partial charge in [-0.05, 0) is 51.5 Å². The van der Waals surface area contributed by atoms with Crippen LogP contribution in [0.1, 0.15) is 81.9 Å². The normalized spacial score (nSPS) is 21.8. The molecule has 0 bridgehead atoms. The lowest BCUT2D eigenvalue weighted by Gasteiger charge is -2.41. The summed E-state index contributed by atoms with van der Waals surface area (Å²) in [5.74, 6) is 0.439. The lowest BCUT2D eigenvalue weighted by molar-refractivity contribution is 0.00429. The number of aromatic nitrogens is 2. The molecule has 2 aliphatic rings. The van der Waals surface area contributed by atoms with Gasteiger partial charge in [-0.2, -0.15) is 0 Å². The van der Waals surface area contributed by atoms with Crippen molar-refractivity contribution >= 4 is 12.0 Å². The molecule has 3 aromatic rings. The summed E-state index contributed by atoms with van der Waals surface area (Å²) >= 11 is 0. The molecule has 2 fully saturated rings. The second kappa shape index (κ2) is 12.5. The minimum atomic E-state index is -0.578. The SMILES string of the molecule is CC1CCCCCC1n1cnc(C(=O)N2CCN(C(=O)OC(C)(C)C)C[C@H]2Cc2ccccc2)c1-c1ccccc1. The highest BCUT2D eigenvalue weighted by molar-refractivity contribution is 5.98. The Hall–Kier alpha value is -3.61. The Morgan fingerprint density at radius 2 is 1.61 bits per heavy atom. The van der Waals surface area contributed by atoms with Gasteiger partial charge in [-0.1, -0.05) is 86.8 Å². The highest BCUT2D eigenvalue weighted by atomic mass is 16.6. The van der Waals surface area contributed by atoms with E-state index < -0.39 is 5.60 Å². The van der Waals surface area contributed by atoms with Crippen LogP contribution >= 0.6 is 0 Å². The standard InChI is InChI=1S/C34H44N4O3/c1-25-14-8-5-13-19-29(25)38-24-35-30(31(38)27-17-11-7-12-18-27)32(39)37-21-20-36(33(40)41-34(2,3)4)23-28(37)22-26-15-9-6-10-16-26/h6-7,9-12,15-18,24-25,28-29H,5,8,13-14,19-23H2,1-4H3/t25?,28-,29?/m1/s1. The summed E-state index contributed by atoms with van der Waals surface area (Å²) in [7, 11) is 0. The van der Waals surface area contributed by atoms with Gasteiger partial charge in [0.25, 0.3) is 5.91 Å². The molecule has 7 nitrogen and oxygen atoms in total. The molecule has 218 valence electrons. The third kappa shape index (κ3) is 6.83. The molecular weight excluding hydrogens is 512 g/mol. The first-order chi connectivity index (χ1) is 19.7. The molecule has 2 unspecified atom stereocenters. The molecule has 0 radical (unpaired) electrons. The Bertz CT molecular complexity index is 1310. The minimum absolute atomic E-state index is 0.0753. The number of benzene rings is 2. The number of rotatable bonds is 5. The summed E-state index contributed by atoms with van der Waals surface area (Å²) < 4.78 is 7.97. The molecule has 5 rings (SSSR count). The van der Waals surface area contributed by atoms with Crippen molar-refractivity contribution in [2.24, 2.45) is 5.92 Å². The van der Waals surface area contributed by atoms with Gasteiger partial charge < -0.3 is 19.1 Å². The van der Waals surface area contributed by atoms with E-state index in [1.165, 1.54) is 25.7 Å². The first-order valence-corrected chi connectivity index (χ1v) is 15.2. The molecule has 2 heterocycles. The Balaban J connectivity index is 1.49. The molecule has 7 heteroatoms. The van der Waals surface area contributed by atoms with E-state index in [9.17, 15) is 9.59 Å². The van der Waals surface area contributed by atoms with Gasteiger partial charge in [0.2, 0.25) is 0 Å². The van der Waals surface area contributed by atoms with Crippen molar-refractivity contribution in [2.45, 2.75) is 83.9 Å². The van der Waals surface area contributed by atoms with E-state index in [0.29, 0.717) is 43.7 Å². The summed E-state index contributed by atoms with van der Waals surface area (Å²) in [6.45, 7) is 9.23. The smallest absolute Gasteiger partial charge is 0.410 e. The second-order valence-electron chi connectivity index (χ2n) is 12.7. The molecule has 1 aliphatic carbocycles. The number of carbonyl (C=O) groups excluding carboxylic acids is 2. The maximum Gasteiger partial charge on any atom is 0.410 e. The van der Waals surface area contributed by atoms with Gasteiger partial charge in [0.1, 0.15) is 5.60 Å². The molecule has 1 saturated carbocycles. The van der Waals surface area contributed by atoms with Gasteiger partial charge >= 0.3 is 6.09 Å². The highest BCUT2D eigenvalue weighted by Gasteiger charge is 2.37. The number of hydrogen-bond donors (Lipinski definition) is 0. The number of imidazole rings is 1. The van der Waals surface area contributed by atoms with Crippen LogP contribution in [0.25, 0.3) is 11.3 Å². The summed E-state index contributed by atoms with van der Waals surface area (Å²) in [6, 6.07) is 20.5. The minimum Gasteiger partial charge on any atom is -0.444 e. The van der Waals surface area contributed by atoms with Crippen molar-refractivity contribution in [3.8, 4) is 11.3 Å². The molecular formula is C34H44N4O3. The molecule has 1 aromatic heterocycles. The summed E-state index contributed by atoms with van der Waals surface area (Å²) in [6.07, 6.45) is 8.18. The van der Waals surface area contributed by atoms with E-state index in [1.54, 1.807) is 4.90 Å². The zero-order chi connectivity index (χ0) is 29.0. The maximum atomic E-state index is 14.5. The lowest BCUT2D eigenvalue weighted by Crippen LogP contribution is -2.58. The number of ether oxygens (including phenoxy) is 1. The van der Waals surface area contributed by atoms with Crippen molar-refractivity contribution in [3.05, 3.63) is 78.2 Å². The van der Waals surface area contributed by atoms with Crippen molar-refractivity contribution in [2.75, 3.05) is 19.6 Å². The van der Waals surface area contributed by atoms with Gasteiger partial charge in [-0.15, -0.1) is 0 Å². The predicted molar refractivity (Wildman–Crippen MR) is 162 cm³/mol. The van der Waals surface area contributed by atoms with Crippen LogP contribution in [0, 0.1) is 5.92 Å². The number of hydrogen-bond acceptors (Lipinski definition) is 4. The van der Waals surface area contributed by atoms with Crippen LogP contribution in [0.4, 0.5) is 4.79 Å². The van der Waals surface area contributed by atoms with E-state index in [2.05, 4.69) is 35.8 Å². The molecule has 41 heavy (non-hydrogen) atoms. The van der Waals surface area contributed by atoms with Crippen LogP contribution in [0.5, 0.6) is 0 Å². The number of nitrogens with zero attached hydrogens (tertiary/aromatic N) is 4. The van der Waals surface area contributed by atoms with E-state index >= 15 is 0 Å². The first-order valence-electron chi connectivity index (χ1n) is 15.2. The van der Waals surface area contributed by atoms with Crippen molar-refractivity contribution in [1.82, 2.24) is 19.4 Å². The van der Waals surface area contributed by atoms with E-state index in [-0.39, 0.29) is 18.0 Å². The Morgan fingerprint density at radius 1 is 0.927 bits per heavy atom. The first kappa shape index (κ1) is 28.9. The van der Waals surface area contributed by atoms with Crippen molar-refractivity contribution in [3.63, 3.8) is 0 Å². The zero-order valence-electron chi connectivity index (χ0n) is 25.0. The van der Waals surface area contributed by atoms with E-state index in [0.717, 1.165) is 23.2 Å². The Morgan fingerprint density at radius 3 is 2.32 bits per heavy atom. The van der Waals surface area contributed by atoms with Crippen LogP contribution in [-0.4, -0.2) is 62.6 Å². The monoisotopic (exact) mass is 556 g/mol. The van der Waals surface area contributed by atoms with Crippen LogP contribution in [0.2, 0.25) is 0 Å². The molecule has 0 N–H and O–H groups in total. The van der Waals surface area contributed by atoms with Crippen LogP contribution in [0.3, 0.4) is 0 Å². The van der Waals surface area contributed by atoms with Crippen LogP contribution < -0.4 is 0 Å². The molecule has 1 aliphatic heterocycles. The Kier molecular flexibility index (Phi) is 8.81. The summed E-state index contributed by atoms with van der Waals surface area (Å²) in [5.41, 5.74) is 2.96. The van der Waals surface area contributed by atoms with E-state index in [1.807, 2.05) is 68.4 Å². The van der Waals surface area contributed by atoms with Gasteiger partial charge in [-0.3, -0.25) is 4.79 Å². The van der Waals surface area contributed by atoms with Crippen molar-refractivity contribution in [1.29, 1.82) is 0 Å². The van der Waals surface area contributed by atoms with Gasteiger partial charge in [0.15, 0.2) is 5.69 Å². The number of amides is 2. The molecule has 3 atom stereocenters.